The second-order valence-electron chi connectivity index (χ2n) is 5.52. The maximum absolute atomic E-state index is 3.59. The predicted molar refractivity (Wildman–Crippen MR) is 72.6 cm³/mol. The van der Waals surface area contributed by atoms with Gasteiger partial charge >= 0.3 is 0 Å². The van der Waals surface area contributed by atoms with Crippen LogP contribution >= 0.6 is 0 Å². The number of nitrogens with zero attached hydrogens (tertiary/aromatic N) is 1. The Labute approximate surface area is 104 Å². The second-order valence-corrected chi connectivity index (χ2v) is 5.52. The third-order valence-corrected chi connectivity index (χ3v) is 4.47. The van der Waals surface area contributed by atoms with Gasteiger partial charge in [-0.15, -0.1) is 0 Å². The molecule has 0 amide bonds. The fraction of sp³-hybridized carbons (Fsp3) is 0.600. The minimum atomic E-state index is 0.431. The zero-order valence-electron chi connectivity index (χ0n) is 10.7. The average molecular weight is 230 g/mol. The molecule has 0 unspecified atom stereocenters. The summed E-state index contributed by atoms with van der Waals surface area (Å²) in [4.78, 5) is 2.62. The molecule has 2 nitrogen and oxygen atoms in total. The standard InChI is InChI=1S/C15H22N2/c1-2-9-17-10-7-15(8-11-17)12-16-14-6-4-3-5-13(14)15/h3-6,16H,2,7-12H2,1H3. The summed E-state index contributed by atoms with van der Waals surface area (Å²) in [6.45, 7) is 7.22. The third kappa shape index (κ3) is 1.85. The van der Waals surface area contributed by atoms with Crippen molar-refractivity contribution in [2.75, 3.05) is 31.5 Å². The fourth-order valence-corrected chi connectivity index (χ4v) is 3.43. The highest BCUT2D eigenvalue weighted by Gasteiger charge is 2.40. The molecule has 0 atom stereocenters. The van der Waals surface area contributed by atoms with Gasteiger partial charge in [-0.2, -0.15) is 0 Å². The highest BCUT2D eigenvalue weighted by molar-refractivity contribution is 5.60. The quantitative estimate of drug-likeness (QED) is 0.840. The molecule has 0 aromatic heterocycles. The molecule has 1 fully saturated rings. The van der Waals surface area contributed by atoms with E-state index in [9.17, 15) is 0 Å². The van der Waals surface area contributed by atoms with Crippen LogP contribution in [0.1, 0.15) is 31.7 Å². The largest absolute Gasteiger partial charge is 0.384 e. The summed E-state index contributed by atoms with van der Waals surface area (Å²) in [6, 6.07) is 8.87. The number of para-hydroxylation sites is 1. The number of hydrogen-bond donors (Lipinski definition) is 1. The van der Waals surface area contributed by atoms with E-state index in [1.807, 2.05) is 0 Å². The van der Waals surface area contributed by atoms with Crippen LogP contribution in [0.5, 0.6) is 0 Å². The van der Waals surface area contributed by atoms with E-state index in [1.54, 1.807) is 5.56 Å². The summed E-state index contributed by atoms with van der Waals surface area (Å²) < 4.78 is 0. The molecule has 1 N–H and O–H groups in total. The molecule has 0 radical (unpaired) electrons. The lowest BCUT2D eigenvalue weighted by Crippen LogP contribution is -2.43. The molecule has 2 aliphatic rings. The van der Waals surface area contributed by atoms with Gasteiger partial charge in [-0.05, 0) is 50.5 Å². The van der Waals surface area contributed by atoms with Gasteiger partial charge in [0.2, 0.25) is 0 Å². The maximum Gasteiger partial charge on any atom is 0.0379 e. The average Bonchev–Trinajstić information content (AvgIpc) is 2.73. The van der Waals surface area contributed by atoms with Crippen molar-refractivity contribution in [2.24, 2.45) is 0 Å². The summed E-state index contributed by atoms with van der Waals surface area (Å²) in [7, 11) is 0. The number of hydrogen-bond acceptors (Lipinski definition) is 2. The molecular weight excluding hydrogens is 208 g/mol. The van der Waals surface area contributed by atoms with Gasteiger partial charge < -0.3 is 10.2 Å². The van der Waals surface area contributed by atoms with Crippen LogP contribution in [0.4, 0.5) is 5.69 Å². The van der Waals surface area contributed by atoms with Gasteiger partial charge in [0, 0.05) is 17.6 Å². The van der Waals surface area contributed by atoms with Crippen LogP contribution in [0.25, 0.3) is 0 Å². The van der Waals surface area contributed by atoms with Crippen LogP contribution in [0, 0.1) is 0 Å². The van der Waals surface area contributed by atoms with E-state index in [-0.39, 0.29) is 0 Å². The van der Waals surface area contributed by atoms with Crippen molar-refractivity contribution >= 4 is 5.69 Å². The van der Waals surface area contributed by atoms with Crippen molar-refractivity contribution < 1.29 is 0 Å². The van der Waals surface area contributed by atoms with Crippen molar-refractivity contribution in [3.63, 3.8) is 0 Å². The van der Waals surface area contributed by atoms with Gasteiger partial charge in [0.1, 0.15) is 0 Å². The first-order valence-electron chi connectivity index (χ1n) is 6.90. The van der Waals surface area contributed by atoms with Crippen LogP contribution < -0.4 is 5.32 Å². The Kier molecular flexibility index (Phi) is 2.83. The van der Waals surface area contributed by atoms with E-state index < -0.39 is 0 Å². The smallest absolute Gasteiger partial charge is 0.0379 e. The zero-order chi connectivity index (χ0) is 11.7. The number of anilines is 1. The molecule has 17 heavy (non-hydrogen) atoms. The van der Waals surface area contributed by atoms with Gasteiger partial charge in [0.25, 0.3) is 0 Å². The first-order valence-corrected chi connectivity index (χ1v) is 6.90. The van der Waals surface area contributed by atoms with Crippen molar-refractivity contribution in [1.82, 2.24) is 4.90 Å². The van der Waals surface area contributed by atoms with Crippen molar-refractivity contribution in [3.8, 4) is 0 Å². The first kappa shape index (κ1) is 11.1. The lowest BCUT2D eigenvalue weighted by atomic mass is 9.74. The monoisotopic (exact) mass is 230 g/mol. The van der Waals surface area contributed by atoms with Gasteiger partial charge in [-0.3, -0.25) is 0 Å². The molecule has 2 aliphatic heterocycles. The number of rotatable bonds is 2. The molecule has 0 saturated carbocycles. The van der Waals surface area contributed by atoms with Gasteiger partial charge in [-0.25, -0.2) is 0 Å². The molecule has 92 valence electrons. The number of piperidine rings is 1. The van der Waals surface area contributed by atoms with Gasteiger partial charge in [-0.1, -0.05) is 25.1 Å². The molecule has 0 aliphatic carbocycles. The molecule has 3 rings (SSSR count). The minimum Gasteiger partial charge on any atom is -0.384 e. The highest BCUT2D eigenvalue weighted by Crippen LogP contribution is 2.43. The van der Waals surface area contributed by atoms with E-state index in [0.717, 1.165) is 6.54 Å². The molecule has 1 saturated heterocycles. The lowest BCUT2D eigenvalue weighted by Gasteiger charge is -2.39. The zero-order valence-corrected chi connectivity index (χ0v) is 10.7. The Bertz CT molecular complexity index is 392. The number of nitrogens with one attached hydrogen (secondary N) is 1. The minimum absolute atomic E-state index is 0.431. The molecule has 1 aromatic rings. The normalized spacial score (nSPS) is 22.4. The Morgan fingerprint density at radius 1 is 1.24 bits per heavy atom. The summed E-state index contributed by atoms with van der Waals surface area (Å²) in [5, 5.41) is 3.59. The summed E-state index contributed by atoms with van der Waals surface area (Å²) in [6.07, 6.45) is 3.91. The van der Waals surface area contributed by atoms with E-state index >= 15 is 0 Å². The van der Waals surface area contributed by atoms with Crippen molar-refractivity contribution in [3.05, 3.63) is 29.8 Å². The SMILES string of the molecule is CCCN1CCC2(CC1)CNc1ccccc12. The molecule has 2 heteroatoms. The molecular formula is C15H22N2. The first-order chi connectivity index (χ1) is 8.34. The predicted octanol–water partition coefficient (Wildman–Crippen LogP) is 2.86. The van der Waals surface area contributed by atoms with E-state index in [0.29, 0.717) is 5.41 Å². The Hall–Kier alpha value is -1.02. The van der Waals surface area contributed by atoms with Crippen molar-refractivity contribution in [1.29, 1.82) is 0 Å². The maximum atomic E-state index is 3.59. The Morgan fingerprint density at radius 3 is 2.76 bits per heavy atom. The molecule has 2 heterocycles. The number of benzene rings is 1. The van der Waals surface area contributed by atoms with Crippen LogP contribution in [-0.4, -0.2) is 31.1 Å². The van der Waals surface area contributed by atoms with Crippen LogP contribution in [-0.2, 0) is 5.41 Å². The number of likely N-dealkylation sites (tertiary alicyclic amines) is 1. The summed E-state index contributed by atoms with van der Waals surface area (Å²) >= 11 is 0. The second kappa shape index (κ2) is 4.34. The fourth-order valence-electron chi connectivity index (χ4n) is 3.43. The molecule has 1 spiro atoms. The highest BCUT2D eigenvalue weighted by atomic mass is 15.1. The molecule has 0 bridgehead atoms. The Morgan fingerprint density at radius 2 is 2.00 bits per heavy atom. The summed E-state index contributed by atoms with van der Waals surface area (Å²) in [5.74, 6) is 0. The topological polar surface area (TPSA) is 15.3 Å². The van der Waals surface area contributed by atoms with E-state index in [2.05, 4.69) is 41.4 Å². The van der Waals surface area contributed by atoms with Crippen molar-refractivity contribution in [2.45, 2.75) is 31.6 Å². The number of fused-ring (bicyclic) bond motifs is 2. The summed E-state index contributed by atoms with van der Waals surface area (Å²) in [5.41, 5.74) is 3.37. The van der Waals surface area contributed by atoms with Crippen LogP contribution in [0.15, 0.2) is 24.3 Å². The Balaban J connectivity index is 1.78. The van der Waals surface area contributed by atoms with Crippen LogP contribution in [0.2, 0.25) is 0 Å². The van der Waals surface area contributed by atoms with Crippen LogP contribution in [0.3, 0.4) is 0 Å². The lowest BCUT2D eigenvalue weighted by molar-refractivity contribution is 0.169. The van der Waals surface area contributed by atoms with E-state index in [1.165, 1.54) is 44.6 Å². The van der Waals surface area contributed by atoms with Gasteiger partial charge in [0.15, 0.2) is 0 Å². The third-order valence-electron chi connectivity index (χ3n) is 4.47. The van der Waals surface area contributed by atoms with Gasteiger partial charge in [0.05, 0.1) is 0 Å². The van der Waals surface area contributed by atoms with E-state index in [4.69, 9.17) is 0 Å². The molecule has 1 aromatic carbocycles.